The van der Waals surface area contributed by atoms with Gasteiger partial charge in [-0.05, 0) is 43.2 Å². The van der Waals surface area contributed by atoms with E-state index in [0.29, 0.717) is 47.1 Å². The third kappa shape index (κ3) is 4.56. The maximum Gasteiger partial charge on any atom is 0.295 e. The highest BCUT2D eigenvalue weighted by atomic mass is 16.5. The number of ether oxygens (including phenoxy) is 3. The zero-order valence-electron chi connectivity index (χ0n) is 22.9. The normalized spacial score (nSPS) is 17.1. The van der Waals surface area contributed by atoms with Crippen molar-refractivity contribution in [3.8, 4) is 17.2 Å². The third-order valence-corrected chi connectivity index (χ3v) is 6.84. The van der Waals surface area contributed by atoms with Gasteiger partial charge in [0.15, 0.2) is 11.5 Å². The largest absolute Gasteiger partial charge is 0.871 e. The minimum atomic E-state index is -0.928. The molecule has 202 valence electrons. The number of aryl methyl sites for hydroxylation is 2. The van der Waals surface area contributed by atoms with Gasteiger partial charge in [0, 0.05) is 24.7 Å². The standard InChI is InChI=1S/C28H34N4O6/c1-16-10-8-12-31-22(17(2)29-27(16)31)24(33)21-23(32(28(35)25(21)34)13-9-11-30(3)4)18-14-19(36-5)26(38-7)20(15-18)37-6/h8,10,12,14-15,23,33H,9,11,13H2,1-7H3/b24-21+. The molecule has 1 unspecified atom stereocenters. The Morgan fingerprint density at radius 3 is 2.32 bits per heavy atom. The van der Waals surface area contributed by atoms with Crippen molar-refractivity contribution in [2.75, 3.05) is 48.5 Å². The fraction of sp³-hybridized carbons (Fsp3) is 0.393. The fourth-order valence-corrected chi connectivity index (χ4v) is 5.03. The quantitative estimate of drug-likeness (QED) is 0.251. The Morgan fingerprint density at radius 2 is 1.74 bits per heavy atom. The van der Waals surface area contributed by atoms with Crippen molar-refractivity contribution in [2.45, 2.75) is 26.3 Å². The molecule has 0 saturated carbocycles. The molecule has 1 saturated heterocycles. The predicted octanol–water partition coefficient (Wildman–Crippen LogP) is 0.736. The molecule has 0 spiro atoms. The Balaban J connectivity index is 1.97. The van der Waals surface area contributed by atoms with Crippen molar-refractivity contribution >= 4 is 23.1 Å². The Labute approximate surface area is 222 Å². The topological polar surface area (TPSA) is 110 Å². The highest BCUT2D eigenvalue weighted by Crippen LogP contribution is 2.45. The smallest absolute Gasteiger partial charge is 0.295 e. The molecule has 2 aromatic heterocycles. The average molecular weight is 523 g/mol. The van der Waals surface area contributed by atoms with Crippen LogP contribution >= 0.6 is 0 Å². The zero-order chi connectivity index (χ0) is 27.7. The molecule has 1 N–H and O–H groups in total. The first kappa shape index (κ1) is 27.0. The van der Waals surface area contributed by atoms with Crippen molar-refractivity contribution in [3.63, 3.8) is 0 Å². The lowest BCUT2D eigenvalue weighted by molar-refractivity contribution is -0.858. The van der Waals surface area contributed by atoms with E-state index in [0.717, 1.165) is 12.1 Å². The highest BCUT2D eigenvalue weighted by molar-refractivity contribution is 6.46. The molecule has 3 heterocycles. The van der Waals surface area contributed by atoms with Crippen LogP contribution in [0.25, 0.3) is 11.4 Å². The Kier molecular flexibility index (Phi) is 7.63. The number of imidazole rings is 1. The van der Waals surface area contributed by atoms with Gasteiger partial charge in [-0.1, -0.05) is 11.8 Å². The number of nitrogens with one attached hydrogen (secondary N) is 1. The van der Waals surface area contributed by atoms with E-state index in [1.807, 2.05) is 33.2 Å². The summed E-state index contributed by atoms with van der Waals surface area (Å²) in [6.45, 7) is 4.72. The van der Waals surface area contributed by atoms with E-state index in [9.17, 15) is 14.7 Å². The summed E-state index contributed by atoms with van der Waals surface area (Å²) in [6.07, 6.45) is 2.39. The van der Waals surface area contributed by atoms with Crippen LogP contribution in [0.4, 0.5) is 0 Å². The van der Waals surface area contributed by atoms with Gasteiger partial charge in [0.1, 0.15) is 5.65 Å². The van der Waals surface area contributed by atoms with Crippen LogP contribution < -0.4 is 24.2 Å². The molecule has 4 rings (SSSR count). The van der Waals surface area contributed by atoms with Crippen LogP contribution in [0.2, 0.25) is 0 Å². The zero-order valence-corrected chi connectivity index (χ0v) is 22.9. The maximum atomic E-state index is 14.2. The van der Waals surface area contributed by atoms with Crippen LogP contribution in [0, 0.1) is 13.8 Å². The van der Waals surface area contributed by atoms with E-state index in [-0.39, 0.29) is 11.3 Å². The number of carbonyl (C=O) groups excluding carboxylic acids is 2. The highest BCUT2D eigenvalue weighted by Gasteiger charge is 2.45. The van der Waals surface area contributed by atoms with Crippen LogP contribution in [0.15, 0.2) is 36.0 Å². The van der Waals surface area contributed by atoms with Crippen LogP contribution in [0.1, 0.15) is 35.0 Å². The van der Waals surface area contributed by atoms with Crippen molar-refractivity contribution in [3.05, 3.63) is 58.6 Å². The number of carbonyl (C=O) groups is 2. The van der Waals surface area contributed by atoms with Crippen molar-refractivity contribution in [1.29, 1.82) is 0 Å². The Morgan fingerprint density at radius 1 is 1.08 bits per heavy atom. The van der Waals surface area contributed by atoms with E-state index in [4.69, 9.17) is 14.2 Å². The van der Waals surface area contributed by atoms with Crippen LogP contribution in [0.5, 0.6) is 17.2 Å². The van der Waals surface area contributed by atoms with Gasteiger partial charge in [0.05, 0.1) is 59.4 Å². The molecule has 1 aliphatic heterocycles. The second-order valence-corrected chi connectivity index (χ2v) is 9.67. The molecule has 0 bridgehead atoms. The van der Waals surface area contributed by atoms with E-state index in [2.05, 4.69) is 4.98 Å². The molecule has 0 aliphatic carbocycles. The molecule has 1 fully saturated rings. The molecule has 0 radical (unpaired) electrons. The summed E-state index contributed by atoms with van der Waals surface area (Å²) in [5.41, 5.74) is 2.66. The first-order chi connectivity index (χ1) is 18.1. The number of benzene rings is 1. The number of likely N-dealkylation sites (tertiary alicyclic amines) is 1. The lowest BCUT2D eigenvalue weighted by Crippen LogP contribution is -3.05. The predicted molar refractivity (Wildman–Crippen MR) is 139 cm³/mol. The van der Waals surface area contributed by atoms with Crippen LogP contribution in [0.3, 0.4) is 0 Å². The van der Waals surface area contributed by atoms with Crippen LogP contribution in [-0.2, 0) is 9.59 Å². The molecule has 38 heavy (non-hydrogen) atoms. The average Bonchev–Trinajstić information content (AvgIpc) is 3.36. The molecular formula is C28H34N4O6. The third-order valence-electron chi connectivity index (χ3n) is 6.84. The number of quaternary nitrogens is 1. The van der Waals surface area contributed by atoms with E-state index in [1.54, 1.807) is 29.7 Å². The van der Waals surface area contributed by atoms with E-state index < -0.39 is 23.5 Å². The number of hydrogen-bond acceptors (Lipinski definition) is 7. The van der Waals surface area contributed by atoms with Crippen molar-refractivity contribution in [2.24, 2.45) is 0 Å². The maximum absolute atomic E-state index is 14.2. The van der Waals surface area contributed by atoms with Gasteiger partial charge in [0.2, 0.25) is 11.5 Å². The van der Waals surface area contributed by atoms with Gasteiger partial charge in [-0.3, -0.25) is 9.59 Å². The van der Waals surface area contributed by atoms with Crippen LogP contribution in [-0.4, -0.2) is 74.5 Å². The number of ketones is 1. The lowest BCUT2D eigenvalue weighted by Gasteiger charge is -2.28. The van der Waals surface area contributed by atoms with Gasteiger partial charge in [-0.2, -0.15) is 0 Å². The second-order valence-electron chi connectivity index (χ2n) is 9.67. The van der Waals surface area contributed by atoms with Gasteiger partial charge >= 0.3 is 0 Å². The number of pyridine rings is 1. The first-order valence-electron chi connectivity index (χ1n) is 12.4. The summed E-state index contributed by atoms with van der Waals surface area (Å²) in [5, 5.41) is 14.2. The van der Waals surface area contributed by atoms with Gasteiger partial charge in [-0.25, -0.2) is 4.98 Å². The molecular weight excluding hydrogens is 488 g/mol. The molecule has 1 aromatic carbocycles. The van der Waals surface area contributed by atoms with Crippen molar-refractivity contribution in [1.82, 2.24) is 14.3 Å². The number of amides is 1. The van der Waals surface area contributed by atoms with Gasteiger partial charge in [0.25, 0.3) is 5.91 Å². The minimum absolute atomic E-state index is 0.118. The van der Waals surface area contributed by atoms with Gasteiger partial charge in [-0.15, -0.1) is 0 Å². The van der Waals surface area contributed by atoms with E-state index in [1.165, 1.54) is 31.1 Å². The number of fused-ring (bicyclic) bond motifs is 1. The molecule has 3 aromatic rings. The summed E-state index contributed by atoms with van der Waals surface area (Å²) >= 11 is 0. The monoisotopic (exact) mass is 522 g/mol. The number of aromatic nitrogens is 2. The fourth-order valence-electron chi connectivity index (χ4n) is 5.03. The number of Topliss-reactive ketones (excluding diaryl/α,β-unsaturated/α-hetero) is 1. The Hall–Kier alpha value is -4.05. The molecule has 1 atom stereocenters. The first-order valence-corrected chi connectivity index (χ1v) is 12.4. The SMILES string of the molecule is COc1cc(C2/C(=C(\[O-])c3c(C)nc4c(C)cccn34)C(=O)C(=O)N2CCC[NH+](C)C)cc(OC)c1OC. The summed E-state index contributed by atoms with van der Waals surface area (Å²) in [4.78, 5) is 34.1. The molecule has 1 aliphatic rings. The number of methoxy groups -OCH3 is 3. The van der Waals surface area contributed by atoms with E-state index >= 15 is 0 Å². The van der Waals surface area contributed by atoms with Gasteiger partial charge < -0.3 is 33.5 Å². The minimum Gasteiger partial charge on any atom is -0.871 e. The number of nitrogens with zero attached hydrogens (tertiary/aromatic N) is 3. The number of rotatable bonds is 9. The summed E-state index contributed by atoms with van der Waals surface area (Å²) in [6, 6.07) is 6.16. The Bertz CT molecular complexity index is 1400. The molecule has 1 amide bonds. The van der Waals surface area contributed by atoms with Crippen molar-refractivity contribution < 1.29 is 33.8 Å². The molecule has 10 nitrogen and oxygen atoms in total. The lowest BCUT2D eigenvalue weighted by atomic mass is 9.95. The summed E-state index contributed by atoms with van der Waals surface area (Å²) in [7, 11) is 8.51. The summed E-state index contributed by atoms with van der Waals surface area (Å²) in [5.74, 6) is -0.951. The summed E-state index contributed by atoms with van der Waals surface area (Å²) < 4.78 is 18.2. The number of hydrogen-bond donors (Lipinski definition) is 1. The second kappa shape index (κ2) is 10.7. The molecule has 10 heteroatoms.